The molecule has 1 atom stereocenters. The molecule has 31 heavy (non-hydrogen) atoms. The van der Waals surface area contributed by atoms with Crippen LogP contribution in [0.1, 0.15) is 47.3 Å². The minimum atomic E-state index is -0.457. The summed E-state index contributed by atoms with van der Waals surface area (Å²) < 4.78 is 16.5. The zero-order valence-electron chi connectivity index (χ0n) is 17.9. The number of esters is 1. The number of benzene rings is 2. The summed E-state index contributed by atoms with van der Waals surface area (Å²) in [7, 11) is 1.36. The average molecular weight is 444 g/mol. The van der Waals surface area contributed by atoms with Gasteiger partial charge >= 0.3 is 5.97 Å². The summed E-state index contributed by atoms with van der Waals surface area (Å²) in [4.78, 5) is 27.7. The topological polar surface area (TPSA) is 65.1 Å². The van der Waals surface area contributed by atoms with Crippen LogP contribution in [0.15, 0.2) is 48.5 Å². The lowest BCUT2D eigenvalue weighted by Crippen LogP contribution is -2.47. The minimum Gasteiger partial charge on any atom is -0.491 e. The van der Waals surface area contributed by atoms with E-state index in [-0.39, 0.29) is 25.4 Å². The number of rotatable bonds is 3. The Bertz CT molecular complexity index is 927. The number of amides is 1. The lowest BCUT2D eigenvalue weighted by molar-refractivity contribution is -0.150. The normalized spacial score (nSPS) is 19.8. The fourth-order valence-corrected chi connectivity index (χ4v) is 4.16. The molecule has 1 fully saturated rings. The van der Waals surface area contributed by atoms with Crippen LogP contribution in [0.3, 0.4) is 0 Å². The highest BCUT2D eigenvalue weighted by Gasteiger charge is 2.42. The van der Waals surface area contributed by atoms with Crippen LogP contribution < -0.4 is 4.74 Å². The SMILES string of the molecule is COC(=O)c1ccc2c(c1)OC[C@H](c1ccccc1)N(C(=O)C1(C)CCOCC1)C2.S. The second-order valence-corrected chi connectivity index (χ2v) is 8.16. The summed E-state index contributed by atoms with van der Waals surface area (Å²) in [5, 5.41) is 0. The minimum absolute atomic E-state index is 0. The molecule has 2 heterocycles. The fourth-order valence-electron chi connectivity index (χ4n) is 4.16. The Morgan fingerprint density at radius 3 is 2.48 bits per heavy atom. The molecule has 0 aromatic heterocycles. The zero-order chi connectivity index (χ0) is 21.1. The average Bonchev–Trinajstić information content (AvgIpc) is 2.98. The van der Waals surface area contributed by atoms with Gasteiger partial charge in [0.2, 0.25) is 5.91 Å². The van der Waals surface area contributed by atoms with E-state index in [4.69, 9.17) is 14.2 Å². The van der Waals surface area contributed by atoms with E-state index in [2.05, 4.69) is 0 Å². The monoisotopic (exact) mass is 443 g/mol. The Morgan fingerprint density at radius 1 is 1.10 bits per heavy atom. The molecule has 1 saturated heterocycles. The Balaban J connectivity index is 0.00000272. The molecule has 4 rings (SSSR count). The van der Waals surface area contributed by atoms with Gasteiger partial charge in [0.1, 0.15) is 12.4 Å². The predicted octanol–water partition coefficient (Wildman–Crippen LogP) is 3.87. The second kappa shape index (κ2) is 9.75. The lowest BCUT2D eigenvalue weighted by Gasteiger charge is -2.39. The van der Waals surface area contributed by atoms with Crippen LogP contribution in [0.25, 0.3) is 0 Å². The van der Waals surface area contributed by atoms with Gasteiger partial charge in [0.15, 0.2) is 0 Å². The zero-order valence-corrected chi connectivity index (χ0v) is 18.9. The van der Waals surface area contributed by atoms with Crippen LogP contribution in [-0.4, -0.2) is 43.7 Å². The van der Waals surface area contributed by atoms with Gasteiger partial charge < -0.3 is 19.1 Å². The standard InChI is InChI=1S/C24H27NO5.H2S/c1-24(10-12-29-13-11-24)23(27)25-15-19-9-8-18(22(26)28-2)14-21(19)30-16-20(25)17-6-4-3-5-7-17;/h3-9,14,20H,10-13,15-16H2,1-2H3;1H2/t20-;/m1./s1. The highest BCUT2D eigenvalue weighted by Crippen LogP contribution is 2.39. The van der Waals surface area contributed by atoms with Crippen LogP contribution in [0, 0.1) is 5.41 Å². The number of fused-ring (bicyclic) bond motifs is 1. The number of methoxy groups -OCH3 is 1. The summed E-state index contributed by atoms with van der Waals surface area (Å²) in [6.45, 7) is 3.97. The van der Waals surface area contributed by atoms with E-state index in [1.807, 2.05) is 48.2 Å². The molecule has 0 aliphatic carbocycles. The van der Waals surface area contributed by atoms with E-state index in [9.17, 15) is 9.59 Å². The molecule has 2 aromatic carbocycles. The van der Waals surface area contributed by atoms with Crippen LogP contribution in [0.2, 0.25) is 0 Å². The van der Waals surface area contributed by atoms with Crippen molar-refractivity contribution < 1.29 is 23.8 Å². The highest BCUT2D eigenvalue weighted by atomic mass is 32.1. The third kappa shape index (κ3) is 4.72. The molecular formula is C24H29NO5S. The van der Waals surface area contributed by atoms with Crippen molar-refractivity contribution in [1.29, 1.82) is 0 Å². The molecule has 2 aliphatic heterocycles. The third-order valence-electron chi connectivity index (χ3n) is 6.16. The molecule has 2 aliphatic rings. The molecule has 0 saturated carbocycles. The van der Waals surface area contributed by atoms with Crippen molar-refractivity contribution in [1.82, 2.24) is 4.90 Å². The van der Waals surface area contributed by atoms with E-state index in [0.717, 1.165) is 11.1 Å². The number of carbonyl (C=O) groups is 2. The molecule has 1 amide bonds. The molecule has 166 valence electrons. The summed E-state index contributed by atoms with van der Waals surface area (Å²) in [5.41, 5.74) is 1.89. The fraction of sp³-hybridized carbons (Fsp3) is 0.417. The summed E-state index contributed by atoms with van der Waals surface area (Å²) in [6.07, 6.45) is 1.41. The van der Waals surface area contributed by atoms with Crippen LogP contribution in [0.5, 0.6) is 5.75 Å². The Morgan fingerprint density at radius 2 is 1.81 bits per heavy atom. The van der Waals surface area contributed by atoms with Crippen molar-refractivity contribution >= 4 is 25.4 Å². The van der Waals surface area contributed by atoms with Gasteiger partial charge in [-0.1, -0.05) is 43.3 Å². The van der Waals surface area contributed by atoms with Crippen molar-refractivity contribution in [2.24, 2.45) is 5.41 Å². The van der Waals surface area contributed by atoms with Gasteiger partial charge in [0.05, 0.1) is 30.7 Å². The van der Waals surface area contributed by atoms with Crippen LogP contribution in [-0.2, 0) is 20.8 Å². The highest BCUT2D eigenvalue weighted by molar-refractivity contribution is 7.59. The van der Waals surface area contributed by atoms with E-state index >= 15 is 0 Å². The first-order valence-corrected chi connectivity index (χ1v) is 10.3. The van der Waals surface area contributed by atoms with Gasteiger partial charge in [-0.05, 0) is 30.5 Å². The van der Waals surface area contributed by atoms with Crippen molar-refractivity contribution in [2.75, 3.05) is 26.9 Å². The number of carbonyl (C=O) groups excluding carboxylic acids is 2. The Hall–Kier alpha value is -2.51. The molecular weight excluding hydrogens is 414 g/mol. The quantitative estimate of drug-likeness (QED) is 0.674. The van der Waals surface area contributed by atoms with Gasteiger partial charge in [0.25, 0.3) is 0 Å². The molecule has 0 spiro atoms. The summed E-state index contributed by atoms with van der Waals surface area (Å²) in [6, 6.07) is 15.0. The maximum absolute atomic E-state index is 13.8. The predicted molar refractivity (Wildman–Crippen MR) is 122 cm³/mol. The number of hydrogen-bond donors (Lipinski definition) is 0. The smallest absolute Gasteiger partial charge is 0.337 e. The summed E-state index contributed by atoms with van der Waals surface area (Å²) in [5.74, 6) is 0.326. The first-order valence-electron chi connectivity index (χ1n) is 10.3. The van der Waals surface area contributed by atoms with Crippen molar-refractivity contribution in [3.8, 4) is 5.75 Å². The van der Waals surface area contributed by atoms with Crippen molar-refractivity contribution in [3.63, 3.8) is 0 Å². The first kappa shape index (κ1) is 23.2. The maximum Gasteiger partial charge on any atom is 0.337 e. The van der Waals surface area contributed by atoms with Gasteiger partial charge in [-0.25, -0.2) is 4.79 Å². The molecule has 7 heteroatoms. The second-order valence-electron chi connectivity index (χ2n) is 8.16. The van der Waals surface area contributed by atoms with Crippen LogP contribution in [0.4, 0.5) is 0 Å². The van der Waals surface area contributed by atoms with E-state index in [0.29, 0.717) is 50.5 Å². The van der Waals surface area contributed by atoms with E-state index < -0.39 is 11.4 Å². The van der Waals surface area contributed by atoms with E-state index in [1.165, 1.54) is 7.11 Å². The Labute approximate surface area is 189 Å². The number of nitrogens with zero attached hydrogens (tertiary/aromatic N) is 1. The molecule has 0 N–H and O–H groups in total. The Kier molecular flexibility index (Phi) is 7.28. The van der Waals surface area contributed by atoms with E-state index in [1.54, 1.807) is 12.1 Å². The molecule has 6 nitrogen and oxygen atoms in total. The first-order chi connectivity index (χ1) is 14.5. The number of ether oxygens (including phenoxy) is 3. The number of hydrogen-bond acceptors (Lipinski definition) is 5. The maximum atomic E-state index is 13.8. The largest absolute Gasteiger partial charge is 0.491 e. The third-order valence-corrected chi connectivity index (χ3v) is 6.16. The van der Waals surface area contributed by atoms with Crippen LogP contribution >= 0.6 is 13.5 Å². The summed E-state index contributed by atoms with van der Waals surface area (Å²) >= 11 is 0. The van der Waals surface area contributed by atoms with Gasteiger partial charge in [-0.15, -0.1) is 0 Å². The van der Waals surface area contributed by atoms with Crippen molar-refractivity contribution in [3.05, 3.63) is 65.2 Å². The molecule has 0 unspecified atom stereocenters. The van der Waals surface area contributed by atoms with Gasteiger partial charge in [-0.3, -0.25) is 4.79 Å². The van der Waals surface area contributed by atoms with Crippen molar-refractivity contribution in [2.45, 2.75) is 32.4 Å². The van der Waals surface area contributed by atoms with Gasteiger partial charge in [-0.2, -0.15) is 13.5 Å². The molecule has 0 bridgehead atoms. The molecule has 2 aromatic rings. The molecule has 0 radical (unpaired) electrons. The van der Waals surface area contributed by atoms with Gasteiger partial charge in [0, 0.05) is 18.8 Å². The lowest BCUT2D eigenvalue weighted by atomic mass is 9.80.